The highest BCUT2D eigenvalue weighted by Gasteiger charge is 2.14. The minimum absolute atomic E-state index is 0. The van der Waals surface area contributed by atoms with Crippen LogP contribution in [0.15, 0.2) is 58.4 Å². The number of ether oxygens (including phenoxy) is 1. The van der Waals surface area contributed by atoms with Gasteiger partial charge in [0.1, 0.15) is 5.82 Å². The van der Waals surface area contributed by atoms with Crippen LogP contribution in [0, 0.1) is 5.82 Å². The van der Waals surface area contributed by atoms with Gasteiger partial charge >= 0.3 is 0 Å². The van der Waals surface area contributed by atoms with Gasteiger partial charge < -0.3 is 15.4 Å². The van der Waals surface area contributed by atoms with Crippen LogP contribution in [0.5, 0.6) is 0 Å². The van der Waals surface area contributed by atoms with Gasteiger partial charge in [0.2, 0.25) is 10.0 Å². The Bertz CT molecular complexity index is 942. The molecule has 2 aromatic rings. The molecule has 2 rings (SSSR count). The SMILES string of the molecule is CCNC(=NCc1cccc(S(=O)(=O)NCc2cccc(F)c2)c1)NCCCOC.I. The molecule has 0 heterocycles. The number of hydrogen-bond donors (Lipinski definition) is 3. The number of aliphatic imine (C=N–C) groups is 1. The Balaban J connectivity index is 0.00000480. The van der Waals surface area contributed by atoms with E-state index in [1.165, 1.54) is 18.2 Å². The summed E-state index contributed by atoms with van der Waals surface area (Å²) >= 11 is 0. The molecular weight excluding hydrogens is 534 g/mol. The van der Waals surface area contributed by atoms with Crippen molar-refractivity contribution in [3.05, 3.63) is 65.5 Å². The van der Waals surface area contributed by atoms with Crippen LogP contribution in [0.25, 0.3) is 0 Å². The quantitative estimate of drug-likeness (QED) is 0.169. The summed E-state index contributed by atoms with van der Waals surface area (Å²) in [7, 11) is -2.07. The van der Waals surface area contributed by atoms with Crippen molar-refractivity contribution in [2.75, 3.05) is 26.8 Å². The number of hydrogen-bond acceptors (Lipinski definition) is 4. The summed E-state index contributed by atoms with van der Waals surface area (Å²) in [4.78, 5) is 4.65. The number of methoxy groups -OCH3 is 1. The van der Waals surface area contributed by atoms with Crippen molar-refractivity contribution in [3.8, 4) is 0 Å². The molecule has 0 saturated carbocycles. The molecule has 10 heteroatoms. The zero-order valence-electron chi connectivity index (χ0n) is 17.7. The first-order valence-electron chi connectivity index (χ1n) is 9.78. The molecule has 172 valence electrons. The van der Waals surface area contributed by atoms with Gasteiger partial charge in [0, 0.05) is 33.4 Å². The second-order valence-electron chi connectivity index (χ2n) is 6.57. The summed E-state index contributed by atoms with van der Waals surface area (Å²) in [6.45, 7) is 4.41. The minimum atomic E-state index is -3.73. The third-order valence-electron chi connectivity index (χ3n) is 4.15. The predicted octanol–water partition coefficient (Wildman–Crippen LogP) is 3.01. The van der Waals surface area contributed by atoms with E-state index in [1.807, 2.05) is 13.0 Å². The number of rotatable bonds is 11. The van der Waals surface area contributed by atoms with Crippen LogP contribution in [0.4, 0.5) is 4.39 Å². The molecule has 0 bridgehead atoms. The number of sulfonamides is 1. The fraction of sp³-hybridized carbons (Fsp3) is 0.381. The normalized spacial score (nSPS) is 11.6. The lowest BCUT2D eigenvalue weighted by Crippen LogP contribution is -2.38. The number of halogens is 2. The van der Waals surface area contributed by atoms with Gasteiger partial charge in [-0.3, -0.25) is 0 Å². The van der Waals surface area contributed by atoms with Crippen molar-refractivity contribution in [1.82, 2.24) is 15.4 Å². The smallest absolute Gasteiger partial charge is 0.240 e. The van der Waals surface area contributed by atoms with Gasteiger partial charge in [0.05, 0.1) is 11.4 Å². The summed E-state index contributed by atoms with van der Waals surface area (Å²) in [6.07, 6.45) is 0.853. The zero-order valence-corrected chi connectivity index (χ0v) is 20.9. The Morgan fingerprint density at radius 3 is 2.55 bits per heavy atom. The molecule has 3 N–H and O–H groups in total. The van der Waals surface area contributed by atoms with Gasteiger partial charge in [0.15, 0.2) is 5.96 Å². The Labute approximate surface area is 201 Å². The molecule has 0 fully saturated rings. The molecule has 0 amide bonds. The largest absolute Gasteiger partial charge is 0.385 e. The van der Waals surface area contributed by atoms with Crippen molar-refractivity contribution in [1.29, 1.82) is 0 Å². The second kappa shape index (κ2) is 14.3. The van der Waals surface area contributed by atoms with E-state index in [4.69, 9.17) is 4.74 Å². The maximum Gasteiger partial charge on any atom is 0.240 e. The van der Waals surface area contributed by atoms with Gasteiger partial charge in [-0.25, -0.2) is 22.5 Å². The summed E-state index contributed by atoms with van der Waals surface area (Å²) < 4.78 is 46.0. The summed E-state index contributed by atoms with van der Waals surface area (Å²) in [5, 5.41) is 6.37. The Hall–Kier alpha value is -1.76. The molecule has 0 saturated heterocycles. The van der Waals surface area contributed by atoms with Crippen LogP contribution in [-0.2, 0) is 27.8 Å². The molecule has 0 aromatic heterocycles. The van der Waals surface area contributed by atoms with Crippen LogP contribution in [0.1, 0.15) is 24.5 Å². The lowest BCUT2D eigenvalue weighted by atomic mass is 10.2. The standard InChI is InChI=1S/C21H29FN4O3S.HI/c1-3-23-21(24-11-6-12-29-2)25-15-18-8-5-10-20(14-18)30(27,28)26-16-17-7-4-9-19(22)13-17;/h4-5,7-10,13-14,26H,3,6,11-12,15-16H2,1-2H3,(H2,23,24,25);1H. The molecule has 0 spiro atoms. The van der Waals surface area contributed by atoms with Gasteiger partial charge in [-0.05, 0) is 48.7 Å². The van der Waals surface area contributed by atoms with Crippen LogP contribution in [0.2, 0.25) is 0 Å². The van der Waals surface area contributed by atoms with E-state index in [0.717, 1.165) is 18.5 Å². The summed E-state index contributed by atoms with van der Waals surface area (Å²) in [5.41, 5.74) is 1.31. The van der Waals surface area contributed by atoms with Gasteiger partial charge in [-0.1, -0.05) is 24.3 Å². The molecule has 0 aliphatic heterocycles. The summed E-state index contributed by atoms with van der Waals surface area (Å²) in [5.74, 6) is 0.255. The Kier molecular flexibility index (Phi) is 12.6. The average Bonchev–Trinajstić information content (AvgIpc) is 2.74. The molecule has 0 atom stereocenters. The first-order chi connectivity index (χ1) is 14.4. The molecule has 0 aliphatic rings. The van der Waals surface area contributed by atoms with E-state index in [2.05, 4.69) is 20.3 Å². The number of guanidine groups is 1. The van der Waals surface area contributed by atoms with Gasteiger partial charge in [-0.2, -0.15) is 0 Å². The molecule has 31 heavy (non-hydrogen) atoms. The lowest BCUT2D eigenvalue weighted by molar-refractivity contribution is 0.195. The first kappa shape index (κ1) is 27.3. The molecule has 0 radical (unpaired) electrons. The van der Waals surface area contributed by atoms with Gasteiger partial charge in [-0.15, -0.1) is 24.0 Å². The first-order valence-corrected chi connectivity index (χ1v) is 11.3. The summed E-state index contributed by atoms with van der Waals surface area (Å²) in [6, 6.07) is 12.4. The van der Waals surface area contributed by atoms with Crippen molar-refractivity contribution < 1.29 is 17.5 Å². The van der Waals surface area contributed by atoms with E-state index in [-0.39, 0.29) is 35.4 Å². The highest BCUT2D eigenvalue weighted by atomic mass is 127. The van der Waals surface area contributed by atoms with E-state index in [0.29, 0.717) is 31.2 Å². The molecule has 2 aromatic carbocycles. The van der Waals surface area contributed by atoms with E-state index in [9.17, 15) is 12.8 Å². The van der Waals surface area contributed by atoms with E-state index < -0.39 is 15.8 Å². The third-order valence-corrected chi connectivity index (χ3v) is 5.54. The second-order valence-corrected chi connectivity index (χ2v) is 8.34. The van der Waals surface area contributed by atoms with E-state index in [1.54, 1.807) is 31.4 Å². The highest BCUT2D eigenvalue weighted by Crippen LogP contribution is 2.13. The minimum Gasteiger partial charge on any atom is -0.385 e. The predicted molar refractivity (Wildman–Crippen MR) is 132 cm³/mol. The van der Waals surface area contributed by atoms with Crippen LogP contribution in [-0.4, -0.2) is 41.2 Å². The van der Waals surface area contributed by atoms with Crippen LogP contribution < -0.4 is 15.4 Å². The highest BCUT2D eigenvalue weighted by molar-refractivity contribution is 14.0. The maximum atomic E-state index is 13.3. The lowest BCUT2D eigenvalue weighted by Gasteiger charge is -2.11. The molecule has 0 aliphatic carbocycles. The van der Waals surface area contributed by atoms with Crippen molar-refractivity contribution in [2.24, 2.45) is 4.99 Å². The number of nitrogens with zero attached hydrogens (tertiary/aromatic N) is 1. The molecular formula is C21H30FIN4O3S. The Morgan fingerprint density at radius 1 is 1.10 bits per heavy atom. The van der Waals surface area contributed by atoms with Crippen molar-refractivity contribution in [2.45, 2.75) is 31.3 Å². The average molecular weight is 564 g/mol. The number of nitrogens with one attached hydrogen (secondary N) is 3. The molecule has 0 unspecified atom stereocenters. The third kappa shape index (κ3) is 9.93. The topological polar surface area (TPSA) is 91.8 Å². The monoisotopic (exact) mass is 564 g/mol. The van der Waals surface area contributed by atoms with E-state index >= 15 is 0 Å². The fourth-order valence-corrected chi connectivity index (χ4v) is 3.74. The van der Waals surface area contributed by atoms with Crippen molar-refractivity contribution >= 4 is 40.0 Å². The maximum absolute atomic E-state index is 13.3. The zero-order chi connectivity index (χ0) is 21.8. The molecule has 7 nitrogen and oxygen atoms in total. The Morgan fingerprint density at radius 2 is 1.84 bits per heavy atom. The fourth-order valence-electron chi connectivity index (χ4n) is 2.65. The number of benzene rings is 2. The van der Waals surface area contributed by atoms with Gasteiger partial charge in [0.25, 0.3) is 0 Å². The van der Waals surface area contributed by atoms with Crippen molar-refractivity contribution in [3.63, 3.8) is 0 Å². The van der Waals surface area contributed by atoms with Crippen LogP contribution in [0.3, 0.4) is 0 Å². The van der Waals surface area contributed by atoms with Crippen LogP contribution >= 0.6 is 24.0 Å².